The molecular weight excluding hydrogens is 705 g/mol. The number of likely N-dealkylation sites (N-methyl/N-ethyl adjacent to an activating group) is 1. The maximum absolute atomic E-state index is 13.3. The van der Waals surface area contributed by atoms with Crippen LogP contribution < -0.4 is 15.4 Å². The van der Waals surface area contributed by atoms with Gasteiger partial charge in [-0.05, 0) is 77.8 Å². The van der Waals surface area contributed by atoms with Gasteiger partial charge in [0.25, 0.3) is 11.8 Å². The van der Waals surface area contributed by atoms with Crippen LogP contribution in [0.3, 0.4) is 0 Å². The zero-order valence-electron chi connectivity index (χ0n) is 32.2. The monoisotopic (exact) mass is 754 g/mol. The first kappa shape index (κ1) is 39.7. The molecule has 56 heavy (non-hydrogen) atoms. The highest BCUT2D eigenvalue weighted by atomic mass is 16.5. The summed E-state index contributed by atoms with van der Waals surface area (Å²) in [7, 11) is 1.82. The first-order valence-electron chi connectivity index (χ1n) is 19.7. The summed E-state index contributed by atoms with van der Waals surface area (Å²) in [6, 6.07) is 33.3. The van der Waals surface area contributed by atoms with Crippen LogP contribution in [0.25, 0.3) is 11.1 Å². The quantitative estimate of drug-likeness (QED) is 0.0605. The van der Waals surface area contributed by atoms with Gasteiger partial charge in [-0.3, -0.25) is 34.2 Å². The summed E-state index contributed by atoms with van der Waals surface area (Å²) >= 11 is 0. The number of fused-ring (bicyclic) bond motifs is 1. The topological polar surface area (TPSA) is 125 Å². The molecule has 0 spiro atoms. The molecule has 10 heteroatoms. The lowest BCUT2D eigenvalue weighted by molar-refractivity contribution is -0.136. The van der Waals surface area contributed by atoms with E-state index in [0.717, 1.165) is 54.7 Å². The number of carbonyl (C=O) groups is 5. The molecule has 290 valence electrons. The van der Waals surface area contributed by atoms with E-state index in [1.807, 2.05) is 31.3 Å². The van der Waals surface area contributed by atoms with E-state index in [1.54, 1.807) is 23.1 Å². The lowest BCUT2D eigenvalue weighted by Crippen LogP contribution is -2.54. The van der Waals surface area contributed by atoms with Crippen LogP contribution in [0.2, 0.25) is 0 Å². The minimum atomic E-state index is -0.992. The van der Waals surface area contributed by atoms with Crippen molar-refractivity contribution in [3.05, 3.63) is 131 Å². The van der Waals surface area contributed by atoms with Gasteiger partial charge in [-0.2, -0.15) is 0 Å². The Bertz CT molecular complexity index is 2060. The average molecular weight is 755 g/mol. The van der Waals surface area contributed by atoms with Crippen molar-refractivity contribution in [1.29, 1.82) is 0 Å². The van der Waals surface area contributed by atoms with Crippen molar-refractivity contribution in [2.24, 2.45) is 0 Å². The second kappa shape index (κ2) is 19.0. The number of unbranched alkanes of at least 4 members (excludes halogenated alkanes) is 4. The Hall–Kier alpha value is -6.03. The third kappa shape index (κ3) is 9.42. The van der Waals surface area contributed by atoms with Gasteiger partial charge in [0.1, 0.15) is 18.4 Å². The number of allylic oxidation sites excluding steroid dienone is 1. The number of nitrogens with zero attached hydrogens (tertiary/aromatic N) is 2. The van der Waals surface area contributed by atoms with Crippen molar-refractivity contribution in [2.75, 3.05) is 32.1 Å². The number of hydrogen-bond donors (Lipinski definition) is 2. The molecule has 0 radical (unpaired) electrons. The number of hydrogen-bond acceptors (Lipinski definition) is 7. The molecule has 5 amide bonds. The zero-order chi connectivity index (χ0) is 39.4. The summed E-state index contributed by atoms with van der Waals surface area (Å²) in [5.74, 6) is -1.20. The van der Waals surface area contributed by atoms with E-state index in [2.05, 4.69) is 78.2 Å². The number of anilines is 1. The maximum atomic E-state index is 13.3. The van der Waals surface area contributed by atoms with Gasteiger partial charge in [0.2, 0.25) is 17.7 Å². The van der Waals surface area contributed by atoms with Crippen LogP contribution in [0.15, 0.2) is 103 Å². The number of piperidine rings is 1. The van der Waals surface area contributed by atoms with Crippen molar-refractivity contribution in [1.82, 2.24) is 15.1 Å². The first-order chi connectivity index (χ1) is 27.3. The van der Waals surface area contributed by atoms with Crippen molar-refractivity contribution < 1.29 is 28.7 Å². The Balaban J connectivity index is 0.893. The second-order valence-electron chi connectivity index (χ2n) is 14.2. The standard InChI is InChI=1S/C46H50N4O6/c1-3-36(32-16-9-7-10-17-32)42(33-18-11-8-12-19-33)34-23-25-35(26-24-34)56-31-30-49(2)41(52)22-13-5-4-6-14-29-47-38-21-15-20-37-43(38)46(55)50(45(37)54)39-27-28-40(51)48-44(39)53/h7-12,15-21,23-26,39,47H,3-6,13-14,22,27-31H2,1-2H3,(H,48,51,53)/b42-36-. The predicted octanol–water partition coefficient (Wildman–Crippen LogP) is 7.75. The molecule has 1 fully saturated rings. The lowest BCUT2D eigenvalue weighted by Gasteiger charge is -2.27. The molecule has 1 unspecified atom stereocenters. The summed E-state index contributed by atoms with van der Waals surface area (Å²) in [6.07, 6.45) is 6.08. The van der Waals surface area contributed by atoms with Gasteiger partial charge in [0.15, 0.2) is 0 Å². The Morgan fingerprint density at radius 1 is 0.786 bits per heavy atom. The van der Waals surface area contributed by atoms with Gasteiger partial charge < -0.3 is 15.0 Å². The molecule has 6 rings (SSSR count). The zero-order valence-corrected chi connectivity index (χ0v) is 32.2. The van der Waals surface area contributed by atoms with Crippen LogP contribution in [0.5, 0.6) is 5.75 Å². The van der Waals surface area contributed by atoms with Gasteiger partial charge >= 0.3 is 0 Å². The van der Waals surface area contributed by atoms with E-state index < -0.39 is 29.7 Å². The Labute approximate surface area is 328 Å². The largest absolute Gasteiger partial charge is 0.492 e. The molecule has 0 saturated carbocycles. The fraction of sp³-hybridized carbons (Fsp3) is 0.326. The Morgan fingerprint density at radius 2 is 1.45 bits per heavy atom. The minimum absolute atomic E-state index is 0.0795. The van der Waals surface area contributed by atoms with Crippen LogP contribution in [0.4, 0.5) is 5.69 Å². The fourth-order valence-corrected chi connectivity index (χ4v) is 7.44. The number of nitrogens with one attached hydrogen (secondary N) is 2. The van der Waals surface area contributed by atoms with Crippen LogP contribution in [-0.2, 0) is 14.4 Å². The molecule has 2 aliphatic rings. The first-order valence-corrected chi connectivity index (χ1v) is 19.7. The van der Waals surface area contributed by atoms with Gasteiger partial charge in [0, 0.05) is 32.1 Å². The average Bonchev–Trinajstić information content (AvgIpc) is 3.47. The summed E-state index contributed by atoms with van der Waals surface area (Å²) < 4.78 is 6.05. The molecule has 1 atom stereocenters. The summed E-state index contributed by atoms with van der Waals surface area (Å²) in [5.41, 5.74) is 7.09. The van der Waals surface area contributed by atoms with Crippen LogP contribution in [0, 0.1) is 0 Å². The molecule has 2 N–H and O–H groups in total. The van der Waals surface area contributed by atoms with Gasteiger partial charge in [-0.25, -0.2) is 0 Å². The SMILES string of the molecule is CC/C(=C(\c1ccccc1)c1ccc(OCCN(C)C(=O)CCCCCCCNc2cccc3c2C(=O)N(C2CCC(=O)NC2=O)C3=O)cc1)c1ccccc1. The van der Waals surface area contributed by atoms with Crippen molar-refractivity contribution in [3.8, 4) is 5.75 Å². The predicted molar refractivity (Wildman–Crippen MR) is 218 cm³/mol. The highest BCUT2D eigenvalue weighted by Crippen LogP contribution is 2.35. The smallest absolute Gasteiger partial charge is 0.264 e. The molecule has 2 aliphatic heterocycles. The van der Waals surface area contributed by atoms with E-state index in [1.165, 1.54) is 22.3 Å². The third-order valence-electron chi connectivity index (χ3n) is 10.5. The van der Waals surface area contributed by atoms with E-state index in [-0.39, 0.29) is 29.9 Å². The number of carbonyl (C=O) groups excluding carboxylic acids is 5. The van der Waals surface area contributed by atoms with Crippen LogP contribution in [0.1, 0.15) is 102 Å². The highest BCUT2D eigenvalue weighted by molar-refractivity contribution is 6.25. The van der Waals surface area contributed by atoms with Gasteiger partial charge in [0.05, 0.1) is 17.7 Å². The van der Waals surface area contributed by atoms with Gasteiger partial charge in [-0.1, -0.05) is 105 Å². The number of ether oxygens (including phenoxy) is 1. The molecule has 0 aliphatic carbocycles. The lowest BCUT2D eigenvalue weighted by atomic mass is 9.88. The van der Waals surface area contributed by atoms with Crippen molar-refractivity contribution in [2.45, 2.75) is 70.8 Å². The van der Waals surface area contributed by atoms with E-state index >= 15 is 0 Å². The Kier molecular flexibility index (Phi) is 13.5. The number of imide groups is 2. The molecule has 10 nitrogen and oxygen atoms in total. The summed E-state index contributed by atoms with van der Waals surface area (Å²) in [4.78, 5) is 65.8. The summed E-state index contributed by atoms with van der Waals surface area (Å²) in [6.45, 7) is 3.70. The van der Waals surface area contributed by atoms with E-state index in [4.69, 9.17) is 4.74 Å². The molecule has 0 bridgehead atoms. The minimum Gasteiger partial charge on any atom is -0.492 e. The number of benzene rings is 4. The van der Waals surface area contributed by atoms with E-state index in [9.17, 15) is 24.0 Å². The molecule has 4 aromatic rings. The third-order valence-corrected chi connectivity index (χ3v) is 10.5. The molecule has 2 heterocycles. The van der Waals surface area contributed by atoms with Crippen molar-refractivity contribution >= 4 is 46.4 Å². The van der Waals surface area contributed by atoms with Crippen LogP contribution in [-0.4, -0.2) is 72.1 Å². The molecule has 4 aromatic carbocycles. The Morgan fingerprint density at radius 3 is 2.14 bits per heavy atom. The van der Waals surface area contributed by atoms with Crippen molar-refractivity contribution in [3.63, 3.8) is 0 Å². The number of amides is 5. The molecular formula is C46H50N4O6. The van der Waals surface area contributed by atoms with Gasteiger partial charge in [-0.15, -0.1) is 0 Å². The van der Waals surface area contributed by atoms with Crippen LogP contribution >= 0.6 is 0 Å². The van der Waals surface area contributed by atoms with E-state index in [0.29, 0.717) is 31.8 Å². The summed E-state index contributed by atoms with van der Waals surface area (Å²) in [5, 5.41) is 5.52. The fourth-order valence-electron chi connectivity index (χ4n) is 7.44. The highest BCUT2D eigenvalue weighted by Gasteiger charge is 2.45. The molecule has 0 aromatic heterocycles. The second-order valence-corrected chi connectivity index (χ2v) is 14.2. The maximum Gasteiger partial charge on any atom is 0.264 e. The normalized spacial score (nSPS) is 15.6. The number of rotatable bonds is 18. The molecule has 1 saturated heterocycles.